The predicted molar refractivity (Wildman–Crippen MR) is 98.6 cm³/mol. The van der Waals surface area contributed by atoms with Crippen molar-refractivity contribution in [3.8, 4) is 0 Å². The number of carbonyl (C=O) groups excluding carboxylic acids is 2. The van der Waals surface area contributed by atoms with Crippen LogP contribution in [0.2, 0.25) is 0 Å². The normalized spacial score (nSPS) is 36.8. The Morgan fingerprint density at radius 3 is 2.62 bits per heavy atom. The summed E-state index contributed by atoms with van der Waals surface area (Å²) in [6, 6.07) is 1.96. The number of hydrazine groups is 1. The zero-order chi connectivity index (χ0) is 17.9. The third kappa shape index (κ3) is 2.87. The lowest BCUT2D eigenvalue weighted by Crippen LogP contribution is -2.57. The van der Waals surface area contributed by atoms with Crippen molar-refractivity contribution in [2.75, 3.05) is 0 Å². The summed E-state index contributed by atoms with van der Waals surface area (Å²) < 4.78 is 0. The van der Waals surface area contributed by atoms with Gasteiger partial charge in [0, 0.05) is 11.3 Å². The minimum Gasteiger partial charge on any atom is -0.390 e. The second-order valence-corrected chi connectivity index (χ2v) is 10.4. The van der Waals surface area contributed by atoms with Gasteiger partial charge in [0.1, 0.15) is 0 Å². The van der Waals surface area contributed by atoms with Crippen molar-refractivity contribution >= 4 is 23.2 Å². The third-order valence-electron chi connectivity index (χ3n) is 6.97. The van der Waals surface area contributed by atoms with E-state index in [0.29, 0.717) is 23.1 Å². The molecule has 2 amide bonds. The molecule has 0 aromatic carbocycles. The van der Waals surface area contributed by atoms with Crippen molar-refractivity contribution < 1.29 is 14.7 Å². The van der Waals surface area contributed by atoms with E-state index in [-0.39, 0.29) is 17.2 Å². The van der Waals surface area contributed by atoms with Gasteiger partial charge in [-0.3, -0.25) is 20.4 Å². The summed E-state index contributed by atoms with van der Waals surface area (Å²) in [5, 5.41) is 10.8. The van der Waals surface area contributed by atoms with Crippen LogP contribution in [0.25, 0.3) is 0 Å². The Bertz CT molecular complexity index is 736. The molecule has 0 saturated heterocycles. The number of hydrogen-bond donors (Lipinski definition) is 3. The lowest BCUT2D eigenvalue weighted by molar-refractivity contribution is -0.169. The van der Waals surface area contributed by atoms with Crippen molar-refractivity contribution in [1.29, 1.82) is 0 Å². The molecule has 5 nitrogen and oxygen atoms in total. The highest BCUT2D eigenvalue weighted by Gasteiger charge is 2.57. The van der Waals surface area contributed by atoms with Gasteiger partial charge in [0.2, 0.25) is 5.91 Å². The first-order chi connectivity index (χ1) is 12.4. The highest BCUT2D eigenvalue weighted by Crippen LogP contribution is 2.62. The van der Waals surface area contributed by atoms with Crippen LogP contribution in [-0.4, -0.2) is 22.5 Å². The van der Waals surface area contributed by atoms with Gasteiger partial charge in [-0.15, -0.1) is 11.3 Å². The molecule has 26 heavy (non-hydrogen) atoms. The molecule has 4 saturated carbocycles. The van der Waals surface area contributed by atoms with E-state index >= 15 is 0 Å². The van der Waals surface area contributed by atoms with Crippen LogP contribution in [-0.2, 0) is 17.6 Å². The van der Waals surface area contributed by atoms with Gasteiger partial charge in [-0.2, -0.15) is 0 Å². The number of fused-ring (bicyclic) bond motifs is 1. The molecular formula is C20H26N2O3S. The van der Waals surface area contributed by atoms with E-state index < -0.39 is 5.60 Å². The second kappa shape index (κ2) is 5.80. The van der Waals surface area contributed by atoms with Gasteiger partial charge in [-0.05, 0) is 86.7 Å². The van der Waals surface area contributed by atoms with Crippen molar-refractivity contribution in [1.82, 2.24) is 10.9 Å². The van der Waals surface area contributed by atoms with Gasteiger partial charge in [0.05, 0.1) is 10.5 Å². The fourth-order valence-corrected chi connectivity index (χ4v) is 7.77. The number of aryl methyl sites for hydroxylation is 2. The molecule has 0 spiro atoms. The van der Waals surface area contributed by atoms with Crippen molar-refractivity contribution in [3.05, 3.63) is 21.4 Å². The Balaban J connectivity index is 1.19. The van der Waals surface area contributed by atoms with Gasteiger partial charge in [-0.1, -0.05) is 0 Å². The maximum Gasteiger partial charge on any atom is 0.279 e. The molecule has 5 aliphatic carbocycles. The van der Waals surface area contributed by atoms with E-state index in [1.807, 2.05) is 6.07 Å². The van der Waals surface area contributed by atoms with E-state index in [1.165, 1.54) is 34.6 Å². The van der Waals surface area contributed by atoms with E-state index in [4.69, 9.17) is 0 Å². The Hall–Kier alpha value is -1.40. The van der Waals surface area contributed by atoms with Gasteiger partial charge >= 0.3 is 0 Å². The molecule has 1 aromatic heterocycles. The molecule has 3 N–H and O–H groups in total. The van der Waals surface area contributed by atoms with Crippen LogP contribution in [0.1, 0.15) is 71.5 Å². The Labute approximate surface area is 157 Å². The summed E-state index contributed by atoms with van der Waals surface area (Å²) in [4.78, 5) is 26.8. The molecule has 1 aromatic rings. The number of thiophene rings is 1. The molecule has 4 fully saturated rings. The zero-order valence-electron chi connectivity index (χ0n) is 15.0. The van der Waals surface area contributed by atoms with E-state index in [2.05, 4.69) is 10.9 Å². The van der Waals surface area contributed by atoms with Crippen LogP contribution < -0.4 is 10.9 Å². The SMILES string of the molecule is O=C(CC12CC3CC(CC(O)(C3)C1)C2)NNC(=O)c1cc2c(s1)CCC2. The van der Waals surface area contributed by atoms with E-state index in [9.17, 15) is 14.7 Å². The van der Waals surface area contributed by atoms with Crippen molar-refractivity contribution in [3.63, 3.8) is 0 Å². The number of carbonyl (C=O) groups is 2. The van der Waals surface area contributed by atoms with E-state index in [0.717, 1.165) is 44.9 Å². The molecule has 0 radical (unpaired) electrons. The fourth-order valence-electron chi connectivity index (χ4n) is 6.62. The summed E-state index contributed by atoms with van der Waals surface area (Å²) in [7, 11) is 0. The smallest absolute Gasteiger partial charge is 0.279 e. The lowest BCUT2D eigenvalue weighted by atomic mass is 9.47. The standard InChI is InChI=1S/C20H26N2O3S/c23-17(21-22-18(24)16-5-14-2-1-3-15(14)26-16)10-19-6-12-4-13(7-19)9-20(25,8-12)11-19/h5,12-13,25H,1-4,6-11H2,(H,21,23)(H,22,24). The third-order valence-corrected chi connectivity index (χ3v) is 8.21. The molecule has 1 heterocycles. The molecule has 2 unspecified atom stereocenters. The summed E-state index contributed by atoms with van der Waals surface area (Å²) in [6.45, 7) is 0. The van der Waals surface area contributed by atoms with Crippen LogP contribution >= 0.6 is 11.3 Å². The average molecular weight is 375 g/mol. The van der Waals surface area contributed by atoms with Crippen LogP contribution in [0.5, 0.6) is 0 Å². The summed E-state index contributed by atoms with van der Waals surface area (Å²) in [5.41, 5.74) is 5.87. The molecular weight excluding hydrogens is 348 g/mol. The molecule has 140 valence electrons. The van der Waals surface area contributed by atoms with Gasteiger partial charge in [0.15, 0.2) is 0 Å². The number of rotatable bonds is 3. The summed E-state index contributed by atoms with van der Waals surface area (Å²) in [6.07, 6.45) is 9.57. The van der Waals surface area contributed by atoms with Crippen LogP contribution in [0.15, 0.2) is 6.07 Å². The number of aliphatic hydroxyl groups is 1. The number of hydrogen-bond acceptors (Lipinski definition) is 4. The fraction of sp³-hybridized carbons (Fsp3) is 0.700. The second-order valence-electron chi connectivity index (χ2n) is 9.28. The Morgan fingerprint density at radius 2 is 1.92 bits per heavy atom. The lowest BCUT2D eigenvalue weighted by Gasteiger charge is -2.60. The monoisotopic (exact) mass is 374 g/mol. The Morgan fingerprint density at radius 1 is 1.15 bits per heavy atom. The topological polar surface area (TPSA) is 78.4 Å². The highest BCUT2D eigenvalue weighted by molar-refractivity contribution is 7.14. The summed E-state index contributed by atoms with van der Waals surface area (Å²) in [5.74, 6) is 0.782. The molecule has 0 aliphatic heterocycles. The first kappa shape index (κ1) is 16.8. The van der Waals surface area contributed by atoms with Crippen LogP contribution in [0.3, 0.4) is 0 Å². The average Bonchev–Trinajstić information content (AvgIpc) is 3.11. The minimum atomic E-state index is -0.550. The van der Waals surface area contributed by atoms with Crippen LogP contribution in [0, 0.1) is 17.3 Å². The van der Waals surface area contributed by atoms with E-state index in [1.54, 1.807) is 0 Å². The first-order valence-electron chi connectivity index (χ1n) is 9.85. The number of nitrogens with one attached hydrogen (secondary N) is 2. The highest BCUT2D eigenvalue weighted by atomic mass is 32.1. The van der Waals surface area contributed by atoms with Crippen molar-refractivity contribution in [2.45, 2.75) is 69.8 Å². The summed E-state index contributed by atoms with van der Waals surface area (Å²) >= 11 is 1.54. The van der Waals surface area contributed by atoms with Crippen LogP contribution in [0.4, 0.5) is 0 Å². The quantitative estimate of drug-likeness (QED) is 0.712. The predicted octanol–water partition coefficient (Wildman–Crippen LogP) is 2.72. The minimum absolute atomic E-state index is 0.0717. The van der Waals surface area contributed by atoms with Gasteiger partial charge < -0.3 is 5.11 Å². The van der Waals surface area contributed by atoms with Gasteiger partial charge in [-0.25, -0.2) is 0 Å². The van der Waals surface area contributed by atoms with Crippen molar-refractivity contribution in [2.24, 2.45) is 17.3 Å². The Kier molecular flexibility index (Phi) is 3.73. The molecule has 6 heteroatoms. The maximum absolute atomic E-state index is 12.5. The molecule has 2 atom stereocenters. The largest absolute Gasteiger partial charge is 0.390 e. The zero-order valence-corrected chi connectivity index (χ0v) is 15.8. The maximum atomic E-state index is 12.5. The number of amides is 2. The molecule has 4 bridgehead atoms. The molecule has 5 aliphatic rings. The van der Waals surface area contributed by atoms with Gasteiger partial charge in [0.25, 0.3) is 5.91 Å². The molecule has 6 rings (SSSR count). The first-order valence-corrected chi connectivity index (χ1v) is 10.7.